The Hall–Kier alpha value is -2.55. The Morgan fingerprint density at radius 2 is 1.79 bits per heavy atom. The first-order valence-electron chi connectivity index (χ1n) is 6.11. The molecule has 1 aromatic heterocycles. The van der Waals surface area contributed by atoms with Crippen LogP contribution in [0.1, 0.15) is 5.56 Å². The van der Waals surface area contributed by atoms with E-state index in [1.165, 1.54) is 0 Å². The molecule has 0 aliphatic heterocycles. The van der Waals surface area contributed by atoms with E-state index in [0.717, 1.165) is 33.5 Å². The van der Waals surface area contributed by atoms with Crippen LogP contribution < -0.4 is 10.5 Å². The van der Waals surface area contributed by atoms with Crippen LogP contribution in [0, 0.1) is 6.92 Å². The molecule has 0 amide bonds. The third kappa shape index (κ3) is 2.10. The molecule has 0 bridgehead atoms. The van der Waals surface area contributed by atoms with Crippen LogP contribution in [0.5, 0.6) is 11.5 Å². The molecule has 3 heteroatoms. The minimum atomic E-state index is 0.731. The predicted molar refractivity (Wildman–Crippen MR) is 77.4 cm³/mol. The average molecular weight is 250 g/mol. The van der Waals surface area contributed by atoms with Gasteiger partial charge in [-0.05, 0) is 36.8 Å². The number of pyridine rings is 1. The van der Waals surface area contributed by atoms with Gasteiger partial charge in [0, 0.05) is 28.9 Å². The lowest BCUT2D eigenvalue weighted by atomic mass is 10.1. The Labute approximate surface area is 111 Å². The van der Waals surface area contributed by atoms with E-state index < -0.39 is 0 Å². The van der Waals surface area contributed by atoms with E-state index in [2.05, 4.69) is 4.98 Å². The fraction of sp³-hybridized carbons (Fsp3) is 0.0625. The molecule has 0 aliphatic carbocycles. The fourth-order valence-corrected chi connectivity index (χ4v) is 2.07. The van der Waals surface area contributed by atoms with Crippen LogP contribution in [0.3, 0.4) is 0 Å². The summed E-state index contributed by atoms with van der Waals surface area (Å²) in [6.45, 7) is 2.02. The van der Waals surface area contributed by atoms with Gasteiger partial charge < -0.3 is 10.5 Å². The van der Waals surface area contributed by atoms with Crippen molar-refractivity contribution >= 4 is 16.5 Å². The van der Waals surface area contributed by atoms with Gasteiger partial charge in [0.1, 0.15) is 11.5 Å². The summed E-state index contributed by atoms with van der Waals surface area (Å²) in [6, 6.07) is 13.6. The molecule has 0 unspecified atom stereocenters. The first-order valence-corrected chi connectivity index (χ1v) is 6.11. The molecule has 0 spiro atoms. The highest BCUT2D eigenvalue weighted by Gasteiger charge is 2.07. The first-order chi connectivity index (χ1) is 9.25. The van der Waals surface area contributed by atoms with Gasteiger partial charge in [0.2, 0.25) is 0 Å². The molecule has 1 heterocycles. The second-order valence-corrected chi connectivity index (χ2v) is 4.44. The lowest BCUT2D eigenvalue weighted by Gasteiger charge is -2.11. The third-order valence-electron chi connectivity index (χ3n) is 3.13. The molecule has 0 aliphatic rings. The fourth-order valence-electron chi connectivity index (χ4n) is 2.07. The lowest BCUT2D eigenvalue weighted by molar-refractivity contribution is 0.484. The maximum atomic E-state index is 5.98. The van der Waals surface area contributed by atoms with Crippen LogP contribution in [-0.4, -0.2) is 4.98 Å². The van der Waals surface area contributed by atoms with E-state index in [4.69, 9.17) is 10.5 Å². The molecule has 0 radical (unpaired) electrons. The number of nitrogens with zero attached hydrogens (tertiary/aromatic N) is 1. The van der Waals surface area contributed by atoms with Crippen molar-refractivity contribution in [3.8, 4) is 11.5 Å². The zero-order chi connectivity index (χ0) is 13.2. The van der Waals surface area contributed by atoms with Gasteiger partial charge in [0.05, 0.1) is 0 Å². The Bertz CT molecular complexity index is 738. The zero-order valence-electron chi connectivity index (χ0n) is 10.6. The normalized spacial score (nSPS) is 10.6. The van der Waals surface area contributed by atoms with E-state index >= 15 is 0 Å². The van der Waals surface area contributed by atoms with E-state index in [0.29, 0.717) is 0 Å². The summed E-state index contributed by atoms with van der Waals surface area (Å²) in [5.74, 6) is 1.61. The molecule has 0 atom stereocenters. The number of nitrogens with two attached hydrogens (primary N) is 1. The summed E-state index contributed by atoms with van der Waals surface area (Å²) in [5.41, 5.74) is 7.79. The molecule has 2 N–H and O–H groups in total. The first kappa shape index (κ1) is 11.5. The van der Waals surface area contributed by atoms with Crippen molar-refractivity contribution in [2.24, 2.45) is 0 Å². The van der Waals surface area contributed by atoms with Gasteiger partial charge in [-0.1, -0.05) is 18.2 Å². The number of benzene rings is 2. The summed E-state index contributed by atoms with van der Waals surface area (Å²) >= 11 is 0. The molecule has 0 fully saturated rings. The zero-order valence-corrected chi connectivity index (χ0v) is 10.6. The number of anilines is 1. The molecule has 3 nitrogen and oxygen atoms in total. The van der Waals surface area contributed by atoms with Gasteiger partial charge in [-0.15, -0.1) is 0 Å². The monoisotopic (exact) mass is 250 g/mol. The SMILES string of the molecule is Cc1ccccc1Oc1ccc(N)c2ccncc12. The number of para-hydroxylation sites is 1. The summed E-state index contributed by atoms with van der Waals surface area (Å²) in [4.78, 5) is 4.14. The Morgan fingerprint density at radius 3 is 2.63 bits per heavy atom. The second kappa shape index (κ2) is 4.61. The summed E-state index contributed by atoms with van der Waals surface area (Å²) in [6.07, 6.45) is 3.51. The van der Waals surface area contributed by atoms with Gasteiger partial charge in [0.25, 0.3) is 0 Å². The highest BCUT2D eigenvalue weighted by atomic mass is 16.5. The number of hydrogen-bond acceptors (Lipinski definition) is 3. The summed E-state index contributed by atoms with van der Waals surface area (Å²) in [7, 11) is 0. The maximum Gasteiger partial charge on any atom is 0.136 e. The Morgan fingerprint density at radius 1 is 0.947 bits per heavy atom. The third-order valence-corrected chi connectivity index (χ3v) is 3.13. The molecule has 3 aromatic rings. The van der Waals surface area contributed by atoms with Gasteiger partial charge in [0.15, 0.2) is 0 Å². The molecule has 0 saturated heterocycles. The number of fused-ring (bicyclic) bond motifs is 1. The highest BCUT2D eigenvalue weighted by Crippen LogP contribution is 2.33. The largest absolute Gasteiger partial charge is 0.456 e. The minimum Gasteiger partial charge on any atom is -0.456 e. The number of aromatic nitrogens is 1. The van der Waals surface area contributed by atoms with Crippen molar-refractivity contribution in [3.05, 3.63) is 60.4 Å². The Kier molecular flexibility index (Phi) is 2.80. The summed E-state index contributed by atoms with van der Waals surface area (Å²) in [5, 5.41) is 1.88. The molecule has 94 valence electrons. The minimum absolute atomic E-state index is 0.731. The number of rotatable bonds is 2. The van der Waals surface area contributed by atoms with E-state index in [-0.39, 0.29) is 0 Å². The van der Waals surface area contributed by atoms with Crippen molar-refractivity contribution in [1.82, 2.24) is 4.98 Å². The second-order valence-electron chi connectivity index (χ2n) is 4.44. The summed E-state index contributed by atoms with van der Waals surface area (Å²) < 4.78 is 5.98. The standard InChI is InChI=1S/C16H14N2O/c1-11-4-2-3-5-15(11)19-16-7-6-14(17)12-8-9-18-10-13(12)16/h2-10H,17H2,1H3. The average Bonchev–Trinajstić information content (AvgIpc) is 2.44. The molecule has 2 aromatic carbocycles. The van der Waals surface area contributed by atoms with Crippen LogP contribution in [0.2, 0.25) is 0 Å². The predicted octanol–water partition coefficient (Wildman–Crippen LogP) is 3.92. The van der Waals surface area contributed by atoms with Crippen LogP contribution in [0.15, 0.2) is 54.9 Å². The molecule has 3 rings (SSSR count). The van der Waals surface area contributed by atoms with Crippen molar-refractivity contribution < 1.29 is 4.74 Å². The quantitative estimate of drug-likeness (QED) is 0.701. The number of hydrogen-bond donors (Lipinski definition) is 1. The smallest absolute Gasteiger partial charge is 0.136 e. The molecule has 0 saturated carbocycles. The Balaban J connectivity index is 2.12. The van der Waals surface area contributed by atoms with Crippen LogP contribution in [0.25, 0.3) is 10.8 Å². The van der Waals surface area contributed by atoms with E-state index in [1.807, 2.05) is 49.4 Å². The number of nitrogen functional groups attached to an aromatic ring is 1. The van der Waals surface area contributed by atoms with E-state index in [1.54, 1.807) is 12.4 Å². The maximum absolute atomic E-state index is 5.98. The topological polar surface area (TPSA) is 48.1 Å². The molecular formula is C16H14N2O. The van der Waals surface area contributed by atoms with Crippen molar-refractivity contribution in [2.75, 3.05) is 5.73 Å². The van der Waals surface area contributed by atoms with Crippen LogP contribution >= 0.6 is 0 Å². The van der Waals surface area contributed by atoms with Gasteiger partial charge >= 0.3 is 0 Å². The number of ether oxygens (including phenoxy) is 1. The van der Waals surface area contributed by atoms with Gasteiger partial charge in [-0.25, -0.2) is 0 Å². The molecular weight excluding hydrogens is 236 g/mol. The van der Waals surface area contributed by atoms with E-state index in [9.17, 15) is 0 Å². The van der Waals surface area contributed by atoms with Crippen molar-refractivity contribution in [2.45, 2.75) is 6.92 Å². The molecule has 19 heavy (non-hydrogen) atoms. The van der Waals surface area contributed by atoms with Crippen LogP contribution in [0.4, 0.5) is 5.69 Å². The van der Waals surface area contributed by atoms with Crippen molar-refractivity contribution in [1.29, 1.82) is 0 Å². The van der Waals surface area contributed by atoms with Gasteiger partial charge in [-0.2, -0.15) is 0 Å². The van der Waals surface area contributed by atoms with Crippen LogP contribution in [-0.2, 0) is 0 Å². The number of aryl methyl sites for hydroxylation is 1. The van der Waals surface area contributed by atoms with Gasteiger partial charge in [-0.3, -0.25) is 4.98 Å². The van der Waals surface area contributed by atoms with Crippen molar-refractivity contribution in [3.63, 3.8) is 0 Å². The highest BCUT2D eigenvalue weighted by molar-refractivity contribution is 5.96. The lowest BCUT2D eigenvalue weighted by Crippen LogP contribution is -1.92.